The molecule has 1 heterocycles. The van der Waals surface area contributed by atoms with E-state index in [9.17, 15) is 4.79 Å². The summed E-state index contributed by atoms with van der Waals surface area (Å²) in [5.41, 5.74) is 6.80. The number of nitrogens with two attached hydrogens (primary N) is 1. The molecule has 25 heavy (non-hydrogen) atoms. The Bertz CT molecular complexity index is 561. The largest absolute Gasteiger partial charge is 0.364 e. The minimum absolute atomic E-state index is 0. The Morgan fingerprint density at radius 1 is 1.20 bits per heavy atom. The first-order chi connectivity index (χ1) is 11.6. The van der Waals surface area contributed by atoms with E-state index in [1.54, 1.807) is 0 Å². The van der Waals surface area contributed by atoms with Crippen molar-refractivity contribution >= 4 is 34.2 Å². The Hall–Kier alpha value is -0.620. The van der Waals surface area contributed by atoms with Gasteiger partial charge in [0.2, 0.25) is 5.91 Å². The van der Waals surface area contributed by atoms with Crippen LogP contribution < -0.4 is 11.1 Å². The van der Waals surface area contributed by atoms with Gasteiger partial charge in [0, 0.05) is 16.6 Å². The van der Waals surface area contributed by atoms with E-state index in [1.165, 1.54) is 24.8 Å². The molecule has 1 aliphatic heterocycles. The van der Waals surface area contributed by atoms with Crippen LogP contribution >= 0.6 is 28.3 Å². The maximum Gasteiger partial charge on any atom is 0.249 e. The number of ether oxygens (including phenoxy) is 1. The zero-order valence-corrected chi connectivity index (χ0v) is 16.9. The summed E-state index contributed by atoms with van der Waals surface area (Å²) in [6, 6.07) is 8.42. The van der Waals surface area contributed by atoms with Crippen molar-refractivity contribution in [3.05, 3.63) is 34.3 Å². The number of carbonyl (C=O) groups excluding carboxylic acids is 1. The third-order valence-corrected chi connectivity index (χ3v) is 5.85. The minimum Gasteiger partial charge on any atom is -0.364 e. The van der Waals surface area contributed by atoms with E-state index in [2.05, 4.69) is 45.5 Å². The number of rotatable bonds is 5. The van der Waals surface area contributed by atoms with Gasteiger partial charge in [0.25, 0.3) is 0 Å². The van der Waals surface area contributed by atoms with Crippen LogP contribution in [0, 0.1) is 0 Å². The lowest BCUT2D eigenvalue weighted by Gasteiger charge is -2.39. The first kappa shape index (κ1) is 20.7. The summed E-state index contributed by atoms with van der Waals surface area (Å²) in [6.07, 6.45) is 7.95. The SMILES string of the molecule is Cl.NC[C@H]1CC[C@@H](C(=O)NC2(Cc3ccc(Br)cc3)CCCCC2)O1. The average Bonchev–Trinajstić information content (AvgIpc) is 3.07. The zero-order chi connectivity index (χ0) is 17.0. The number of halogens is 2. The zero-order valence-electron chi connectivity index (χ0n) is 14.5. The lowest BCUT2D eigenvalue weighted by Crippen LogP contribution is -2.54. The summed E-state index contributed by atoms with van der Waals surface area (Å²) in [5, 5.41) is 3.37. The highest BCUT2D eigenvalue weighted by atomic mass is 79.9. The van der Waals surface area contributed by atoms with Crippen LogP contribution in [0.5, 0.6) is 0 Å². The summed E-state index contributed by atoms with van der Waals surface area (Å²) in [7, 11) is 0. The Morgan fingerprint density at radius 2 is 1.88 bits per heavy atom. The highest BCUT2D eigenvalue weighted by molar-refractivity contribution is 9.10. The molecule has 1 saturated carbocycles. The van der Waals surface area contributed by atoms with Crippen molar-refractivity contribution in [1.82, 2.24) is 5.32 Å². The smallest absolute Gasteiger partial charge is 0.249 e. The van der Waals surface area contributed by atoms with Gasteiger partial charge in [-0.05, 0) is 49.8 Å². The highest BCUT2D eigenvalue weighted by Gasteiger charge is 2.38. The van der Waals surface area contributed by atoms with E-state index in [-0.39, 0.29) is 36.1 Å². The van der Waals surface area contributed by atoms with E-state index in [1.807, 2.05) is 0 Å². The molecule has 0 aromatic heterocycles. The van der Waals surface area contributed by atoms with Crippen LogP contribution in [0.1, 0.15) is 50.5 Å². The third-order valence-electron chi connectivity index (χ3n) is 5.32. The van der Waals surface area contributed by atoms with Gasteiger partial charge < -0.3 is 15.8 Å². The monoisotopic (exact) mass is 430 g/mol. The van der Waals surface area contributed by atoms with Crippen molar-refractivity contribution in [1.29, 1.82) is 0 Å². The van der Waals surface area contributed by atoms with Crippen LogP contribution in [0.4, 0.5) is 0 Å². The molecule has 3 rings (SSSR count). The molecule has 0 bridgehead atoms. The second-order valence-corrected chi connectivity index (χ2v) is 8.11. The van der Waals surface area contributed by atoms with Crippen molar-refractivity contribution in [3.63, 3.8) is 0 Å². The van der Waals surface area contributed by atoms with Gasteiger partial charge in [-0.3, -0.25) is 4.79 Å². The van der Waals surface area contributed by atoms with Crippen LogP contribution in [-0.2, 0) is 16.0 Å². The molecule has 3 N–H and O–H groups in total. The van der Waals surface area contributed by atoms with Crippen LogP contribution in [0.25, 0.3) is 0 Å². The molecule has 2 aliphatic rings. The maximum absolute atomic E-state index is 12.7. The fourth-order valence-corrected chi connectivity index (χ4v) is 4.25. The minimum atomic E-state index is -0.331. The van der Waals surface area contributed by atoms with Crippen LogP contribution in [0.3, 0.4) is 0 Å². The molecule has 0 spiro atoms. The molecule has 1 saturated heterocycles. The molecule has 2 fully saturated rings. The Labute approximate surface area is 164 Å². The first-order valence-corrected chi connectivity index (χ1v) is 9.81. The summed E-state index contributed by atoms with van der Waals surface area (Å²) in [5.74, 6) is 0.0463. The molecule has 1 aromatic rings. The number of hydrogen-bond acceptors (Lipinski definition) is 3. The molecule has 2 atom stereocenters. The Balaban J connectivity index is 0.00000225. The van der Waals surface area contributed by atoms with Crippen LogP contribution in [0.15, 0.2) is 28.7 Å². The van der Waals surface area contributed by atoms with E-state index >= 15 is 0 Å². The fraction of sp³-hybridized carbons (Fsp3) is 0.632. The topological polar surface area (TPSA) is 64.4 Å². The van der Waals surface area contributed by atoms with Crippen molar-refractivity contribution in [3.8, 4) is 0 Å². The second kappa shape index (κ2) is 9.36. The maximum atomic E-state index is 12.7. The molecule has 140 valence electrons. The van der Waals surface area contributed by atoms with Crippen molar-refractivity contribution in [2.24, 2.45) is 5.73 Å². The number of hydrogen-bond donors (Lipinski definition) is 2. The van der Waals surface area contributed by atoms with Gasteiger partial charge in [0.1, 0.15) is 6.10 Å². The standard InChI is InChI=1S/C19H27BrN2O2.ClH/c20-15-6-4-14(5-7-15)12-19(10-2-1-3-11-19)22-18(23)17-9-8-16(13-21)24-17;/h4-7,16-17H,1-3,8-13,21H2,(H,22,23);1H/t16-,17+;/m1./s1. The average molecular weight is 432 g/mol. The lowest BCUT2D eigenvalue weighted by molar-refractivity contribution is -0.134. The van der Waals surface area contributed by atoms with E-state index < -0.39 is 0 Å². The molecule has 1 aromatic carbocycles. The van der Waals surface area contributed by atoms with Gasteiger partial charge in [0.05, 0.1) is 6.10 Å². The Kier molecular flexibility index (Phi) is 7.74. The number of benzene rings is 1. The number of nitrogens with one attached hydrogen (secondary N) is 1. The predicted octanol–water partition coefficient (Wildman–Crippen LogP) is 3.74. The quantitative estimate of drug-likeness (QED) is 0.746. The summed E-state index contributed by atoms with van der Waals surface area (Å²) in [6.45, 7) is 0.494. The second-order valence-electron chi connectivity index (χ2n) is 7.19. The van der Waals surface area contributed by atoms with E-state index in [0.717, 1.165) is 36.6 Å². The van der Waals surface area contributed by atoms with Crippen molar-refractivity contribution < 1.29 is 9.53 Å². The van der Waals surface area contributed by atoms with Gasteiger partial charge in [-0.1, -0.05) is 47.3 Å². The highest BCUT2D eigenvalue weighted by Crippen LogP contribution is 2.32. The summed E-state index contributed by atoms with van der Waals surface area (Å²) in [4.78, 5) is 12.7. The molecule has 0 radical (unpaired) electrons. The van der Waals surface area contributed by atoms with Crippen molar-refractivity contribution in [2.45, 2.75) is 69.1 Å². The van der Waals surface area contributed by atoms with Crippen molar-refractivity contribution in [2.75, 3.05) is 6.54 Å². The summed E-state index contributed by atoms with van der Waals surface area (Å²) < 4.78 is 6.87. The van der Waals surface area contributed by atoms with Crippen LogP contribution in [-0.4, -0.2) is 30.2 Å². The fourth-order valence-electron chi connectivity index (χ4n) is 3.98. The predicted molar refractivity (Wildman–Crippen MR) is 106 cm³/mol. The molecule has 4 nitrogen and oxygen atoms in total. The van der Waals surface area contributed by atoms with Gasteiger partial charge in [-0.2, -0.15) is 0 Å². The van der Waals surface area contributed by atoms with Gasteiger partial charge in [-0.15, -0.1) is 12.4 Å². The van der Waals surface area contributed by atoms with Crippen LogP contribution in [0.2, 0.25) is 0 Å². The molecule has 1 aliphatic carbocycles. The molecular weight excluding hydrogens is 404 g/mol. The molecule has 1 amide bonds. The third kappa shape index (κ3) is 5.43. The molecule has 6 heteroatoms. The van der Waals surface area contributed by atoms with Gasteiger partial charge >= 0.3 is 0 Å². The molecular formula is C19H28BrClN2O2. The normalized spacial score (nSPS) is 25.2. The Morgan fingerprint density at radius 3 is 2.48 bits per heavy atom. The van der Waals surface area contributed by atoms with E-state index in [4.69, 9.17) is 10.5 Å². The number of carbonyl (C=O) groups is 1. The lowest BCUT2D eigenvalue weighted by atomic mass is 9.77. The van der Waals surface area contributed by atoms with E-state index in [0.29, 0.717) is 6.54 Å². The van der Waals surface area contributed by atoms with Gasteiger partial charge in [-0.25, -0.2) is 0 Å². The first-order valence-electron chi connectivity index (χ1n) is 9.02. The van der Waals surface area contributed by atoms with Gasteiger partial charge in [0.15, 0.2) is 0 Å². The summed E-state index contributed by atoms with van der Waals surface area (Å²) >= 11 is 3.48. The molecule has 0 unspecified atom stereocenters. The number of amides is 1.